The molecule has 0 radical (unpaired) electrons. The summed E-state index contributed by atoms with van der Waals surface area (Å²) in [4.78, 5) is 37.6. The fourth-order valence-electron chi connectivity index (χ4n) is 2.56. The molecule has 8 nitrogen and oxygen atoms in total. The van der Waals surface area contributed by atoms with Crippen molar-refractivity contribution in [2.45, 2.75) is 13.0 Å². The molecule has 0 saturated carbocycles. The predicted molar refractivity (Wildman–Crippen MR) is 101 cm³/mol. The Morgan fingerprint density at radius 2 is 1.81 bits per heavy atom. The normalized spacial score (nSPS) is 11.6. The summed E-state index contributed by atoms with van der Waals surface area (Å²) in [6.45, 7) is 1.58. The third kappa shape index (κ3) is 4.68. The van der Waals surface area contributed by atoms with Gasteiger partial charge in [0.1, 0.15) is 5.69 Å². The average Bonchev–Trinajstić information content (AvgIpc) is 2.64. The number of nitrogens with zero attached hydrogens (tertiary/aromatic N) is 2. The summed E-state index contributed by atoms with van der Waals surface area (Å²) in [5.74, 6) is -0.995. The van der Waals surface area contributed by atoms with E-state index < -0.39 is 22.7 Å². The van der Waals surface area contributed by atoms with Crippen LogP contribution in [0.1, 0.15) is 33.2 Å². The van der Waals surface area contributed by atoms with Crippen molar-refractivity contribution in [1.29, 1.82) is 0 Å². The standard InChI is InChI=1S/C19H21N3O5/c1-12(23)11-20-19(25)15-7-5-4-6-14(15)18(24)13-8-9-16(21(2)3)17(10-13)22(26)27/h4-10,12,23H,11H2,1-3H3,(H,20,25). The van der Waals surface area contributed by atoms with Crippen molar-refractivity contribution in [3.05, 3.63) is 69.3 Å². The van der Waals surface area contributed by atoms with E-state index in [0.717, 1.165) is 0 Å². The lowest BCUT2D eigenvalue weighted by atomic mass is 9.97. The number of aliphatic hydroxyl groups excluding tert-OH is 1. The van der Waals surface area contributed by atoms with Crippen LogP contribution in [0, 0.1) is 10.1 Å². The number of ketones is 1. The second kappa shape index (κ2) is 8.41. The fourth-order valence-corrected chi connectivity index (χ4v) is 2.56. The molecule has 142 valence electrons. The zero-order chi connectivity index (χ0) is 20.1. The Morgan fingerprint density at radius 3 is 2.37 bits per heavy atom. The van der Waals surface area contributed by atoms with Crippen LogP contribution in [0.5, 0.6) is 0 Å². The van der Waals surface area contributed by atoms with E-state index in [4.69, 9.17) is 0 Å². The maximum absolute atomic E-state index is 12.9. The Bertz CT molecular complexity index is 877. The van der Waals surface area contributed by atoms with E-state index in [1.165, 1.54) is 37.3 Å². The lowest BCUT2D eigenvalue weighted by molar-refractivity contribution is -0.384. The lowest BCUT2D eigenvalue weighted by Gasteiger charge is -2.14. The molecule has 2 aromatic carbocycles. The van der Waals surface area contributed by atoms with Crippen LogP contribution in [0.25, 0.3) is 0 Å². The number of anilines is 1. The largest absolute Gasteiger partial charge is 0.392 e. The van der Waals surface area contributed by atoms with Crippen LogP contribution in [-0.4, -0.2) is 48.5 Å². The molecule has 1 amide bonds. The van der Waals surface area contributed by atoms with E-state index in [1.807, 2.05) is 0 Å². The third-order valence-electron chi connectivity index (χ3n) is 3.89. The molecule has 1 unspecified atom stereocenters. The van der Waals surface area contributed by atoms with Crippen molar-refractivity contribution in [2.75, 3.05) is 25.5 Å². The molecule has 27 heavy (non-hydrogen) atoms. The van der Waals surface area contributed by atoms with Gasteiger partial charge in [0, 0.05) is 37.8 Å². The van der Waals surface area contributed by atoms with E-state index >= 15 is 0 Å². The first-order chi connectivity index (χ1) is 12.7. The highest BCUT2D eigenvalue weighted by molar-refractivity contribution is 6.15. The lowest BCUT2D eigenvalue weighted by Crippen LogP contribution is -2.31. The highest BCUT2D eigenvalue weighted by Crippen LogP contribution is 2.29. The molecule has 2 aromatic rings. The monoisotopic (exact) mass is 371 g/mol. The summed E-state index contributed by atoms with van der Waals surface area (Å²) in [6, 6.07) is 10.4. The molecule has 0 aliphatic rings. The number of hydrogen-bond donors (Lipinski definition) is 2. The zero-order valence-electron chi connectivity index (χ0n) is 15.3. The maximum atomic E-state index is 12.9. The van der Waals surface area contributed by atoms with Gasteiger partial charge in [-0.15, -0.1) is 0 Å². The molecule has 0 aliphatic heterocycles. The molecule has 1 atom stereocenters. The summed E-state index contributed by atoms with van der Waals surface area (Å²) >= 11 is 0. The van der Waals surface area contributed by atoms with Crippen LogP contribution in [-0.2, 0) is 0 Å². The smallest absolute Gasteiger partial charge is 0.293 e. The fraction of sp³-hybridized carbons (Fsp3) is 0.263. The van der Waals surface area contributed by atoms with E-state index in [-0.39, 0.29) is 28.9 Å². The molecule has 8 heteroatoms. The molecule has 0 bridgehead atoms. The Kier molecular flexibility index (Phi) is 6.25. The molecule has 0 aliphatic carbocycles. The van der Waals surface area contributed by atoms with E-state index in [1.54, 1.807) is 31.1 Å². The molecule has 0 heterocycles. The number of carbonyl (C=O) groups is 2. The topological polar surface area (TPSA) is 113 Å². The second-order valence-corrected chi connectivity index (χ2v) is 6.29. The maximum Gasteiger partial charge on any atom is 0.293 e. The molecular formula is C19H21N3O5. The number of aliphatic hydroxyl groups is 1. The molecule has 0 spiro atoms. The number of rotatable bonds is 7. The van der Waals surface area contributed by atoms with Crippen LogP contribution in [0.3, 0.4) is 0 Å². The van der Waals surface area contributed by atoms with Crippen molar-refractivity contribution in [3.63, 3.8) is 0 Å². The van der Waals surface area contributed by atoms with Crippen molar-refractivity contribution >= 4 is 23.1 Å². The van der Waals surface area contributed by atoms with Crippen molar-refractivity contribution < 1.29 is 19.6 Å². The molecule has 2 N–H and O–H groups in total. The Labute approximate surface area is 156 Å². The quantitative estimate of drug-likeness (QED) is 0.437. The van der Waals surface area contributed by atoms with Gasteiger partial charge in [-0.05, 0) is 25.1 Å². The summed E-state index contributed by atoms with van der Waals surface area (Å²) in [5, 5.41) is 23.2. The van der Waals surface area contributed by atoms with Gasteiger partial charge in [0.05, 0.1) is 16.6 Å². The van der Waals surface area contributed by atoms with E-state index in [9.17, 15) is 24.8 Å². The highest BCUT2D eigenvalue weighted by atomic mass is 16.6. The molecule has 0 aromatic heterocycles. The Hall–Kier alpha value is -3.26. The summed E-state index contributed by atoms with van der Waals surface area (Å²) < 4.78 is 0. The van der Waals surface area contributed by atoms with Crippen molar-refractivity contribution in [3.8, 4) is 0 Å². The number of benzene rings is 2. The first-order valence-corrected chi connectivity index (χ1v) is 8.28. The van der Waals surface area contributed by atoms with Crippen LogP contribution in [0.4, 0.5) is 11.4 Å². The van der Waals surface area contributed by atoms with Gasteiger partial charge in [0.2, 0.25) is 0 Å². The van der Waals surface area contributed by atoms with E-state index in [2.05, 4.69) is 5.32 Å². The SMILES string of the molecule is CC(O)CNC(=O)c1ccccc1C(=O)c1ccc(N(C)C)c([N+](=O)[O-])c1. The minimum atomic E-state index is -0.724. The summed E-state index contributed by atoms with van der Waals surface area (Å²) in [7, 11) is 3.34. The third-order valence-corrected chi connectivity index (χ3v) is 3.89. The number of nitro benzene ring substituents is 1. The van der Waals surface area contributed by atoms with Crippen molar-refractivity contribution in [1.82, 2.24) is 5.32 Å². The predicted octanol–water partition coefficient (Wildman–Crippen LogP) is 2.00. The number of nitrogens with one attached hydrogen (secondary N) is 1. The zero-order valence-corrected chi connectivity index (χ0v) is 15.3. The number of carbonyl (C=O) groups excluding carboxylic acids is 2. The Balaban J connectivity index is 2.43. The van der Waals surface area contributed by atoms with Gasteiger partial charge < -0.3 is 15.3 Å². The number of hydrogen-bond acceptors (Lipinski definition) is 6. The van der Waals surface area contributed by atoms with Crippen LogP contribution >= 0.6 is 0 Å². The van der Waals surface area contributed by atoms with Gasteiger partial charge in [-0.1, -0.05) is 18.2 Å². The number of nitro groups is 1. The minimum absolute atomic E-state index is 0.0460. The summed E-state index contributed by atoms with van der Waals surface area (Å²) in [5.41, 5.74) is 0.569. The molecule has 0 saturated heterocycles. The van der Waals surface area contributed by atoms with Gasteiger partial charge in [-0.3, -0.25) is 19.7 Å². The van der Waals surface area contributed by atoms with Crippen LogP contribution in [0.2, 0.25) is 0 Å². The molecule has 0 fully saturated rings. The van der Waals surface area contributed by atoms with Crippen molar-refractivity contribution in [2.24, 2.45) is 0 Å². The molecular weight excluding hydrogens is 350 g/mol. The van der Waals surface area contributed by atoms with Gasteiger partial charge in [0.15, 0.2) is 5.78 Å². The Morgan fingerprint density at radius 1 is 1.19 bits per heavy atom. The second-order valence-electron chi connectivity index (χ2n) is 6.29. The van der Waals surface area contributed by atoms with Crippen LogP contribution in [0.15, 0.2) is 42.5 Å². The van der Waals surface area contributed by atoms with Gasteiger partial charge in [-0.25, -0.2) is 0 Å². The number of amides is 1. The first-order valence-electron chi connectivity index (χ1n) is 8.28. The first kappa shape index (κ1) is 20.1. The van der Waals surface area contributed by atoms with Gasteiger partial charge in [0.25, 0.3) is 11.6 Å². The van der Waals surface area contributed by atoms with Gasteiger partial charge >= 0.3 is 0 Å². The minimum Gasteiger partial charge on any atom is -0.392 e. The van der Waals surface area contributed by atoms with E-state index in [0.29, 0.717) is 5.69 Å². The molecule has 2 rings (SSSR count). The highest BCUT2D eigenvalue weighted by Gasteiger charge is 2.22. The summed E-state index contributed by atoms with van der Waals surface area (Å²) in [6.07, 6.45) is -0.724. The average molecular weight is 371 g/mol. The van der Waals surface area contributed by atoms with Crippen LogP contribution < -0.4 is 10.2 Å². The van der Waals surface area contributed by atoms with Gasteiger partial charge in [-0.2, -0.15) is 0 Å².